The Bertz CT molecular complexity index is 1160. The number of hydrogen-bond donors (Lipinski definition) is 1. The molecule has 2 aromatic carbocycles. The summed E-state index contributed by atoms with van der Waals surface area (Å²) in [5.74, 6) is -0.198. The van der Waals surface area contributed by atoms with Crippen LogP contribution in [0.25, 0.3) is 0 Å². The molecule has 2 aromatic rings. The summed E-state index contributed by atoms with van der Waals surface area (Å²) in [7, 11) is -2.34. The molecule has 2 rings (SSSR count). The van der Waals surface area contributed by atoms with E-state index in [-0.39, 0.29) is 29.2 Å². The van der Waals surface area contributed by atoms with Gasteiger partial charge in [-0.15, -0.1) is 0 Å². The normalized spacial score (nSPS) is 13.0. The third kappa shape index (κ3) is 8.01. The Hall–Kier alpha value is -2.49. The van der Waals surface area contributed by atoms with Gasteiger partial charge in [0.25, 0.3) is 0 Å². The van der Waals surface area contributed by atoms with E-state index < -0.39 is 28.5 Å². The number of methoxy groups -OCH3 is 1. The number of carbonyl (C=O) groups excluding carboxylic acids is 2. The molecule has 198 valence electrons. The van der Waals surface area contributed by atoms with Crippen molar-refractivity contribution in [1.29, 1.82) is 0 Å². The SMILES string of the molecule is CC[C@@H](C)NC(=O)[C@@H](CC)N(Cc1ccc(OC)cc1)C(=O)CN(c1ccc(Cl)cc1Cl)S(C)(=O)=O. The van der Waals surface area contributed by atoms with E-state index in [1.807, 2.05) is 13.8 Å². The lowest BCUT2D eigenvalue weighted by molar-refractivity contribution is -0.140. The molecule has 0 bridgehead atoms. The first-order valence-corrected chi connectivity index (χ1v) is 14.2. The van der Waals surface area contributed by atoms with E-state index in [9.17, 15) is 18.0 Å². The van der Waals surface area contributed by atoms with Crippen LogP contribution in [0.15, 0.2) is 42.5 Å². The van der Waals surface area contributed by atoms with Crippen LogP contribution in [0.4, 0.5) is 5.69 Å². The number of nitrogens with zero attached hydrogens (tertiary/aromatic N) is 2. The average molecular weight is 559 g/mol. The van der Waals surface area contributed by atoms with Crippen molar-refractivity contribution in [3.63, 3.8) is 0 Å². The lowest BCUT2D eigenvalue weighted by atomic mass is 10.1. The van der Waals surface area contributed by atoms with Crippen molar-refractivity contribution in [2.45, 2.75) is 52.2 Å². The van der Waals surface area contributed by atoms with Crippen molar-refractivity contribution >= 4 is 50.7 Å². The maximum atomic E-state index is 13.7. The van der Waals surface area contributed by atoms with E-state index >= 15 is 0 Å². The van der Waals surface area contributed by atoms with E-state index in [1.165, 1.54) is 23.1 Å². The number of halogens is 2. The monoisotopic (exact) mass is 557 g/mol. The fraction of sp³-hybridized carbons (Fsp3) is 0.440. The first kappa shape index (κ1) is 29.7. The van der Waals surface area contributed by atoms with Gasteiger partial charge < -0.3 is 15.0 Å². The molecule has 0 radical (unpaired) electrons. The van der Waals surface area contributed by atoms with E-state index in [0.717, 1.165) is 22.5 Å². The third-order valence-corrected chi connectivity index (χ3v) is 7.42. The highest BCUT2D eigenvalue weighted by molar-refractivity contribution is 7.92. The van der Waals surface area contributed by atoms with E-state index in [0.29, 0.717) is 17.2 Å². The summed E-state index contributed by atoms with van der Waals surface area (Å²) < 4.78 is 31.5. The minimum absolute atomic E-state index is 0.0788. The zero-order chi connectivity index (χ0) is 27.0. The van der Waals surface area contributed by atoms with Gasteiger partial charge in [-0.3, -0.25) is 13.9 Å². The number of sulfonamides is 1. The highest BCUT2D eigenvalue weighted by Crippen LogP contribution is 2.30. The van der Waals surface area contributed by atoms with Crippen LogP contribution in [-0.4, -0.2) is 57.1 Å². The zero-order valence-electron chi connectivity index (χ0n) is 21.1. The van der Waals surface area contributed by atoms with Gasteiger partial charge in [-0.25, -0.2) is 8.42 Å². The van der Waals surface area contributed by atoms with Crippen LogP contribution in [0.5, 0.6) is 5.75 Å². The van der Waals surface area contributed by atoms with Gasteiger partial charge in [0.15, 0.2) is 0 Å². The number of hydrogen-bond acceptors (Lipinski definition) is 5. The van der Waals surface area contributed by atoms with E-state index in [4.69, 9.17) is 27.9 Å². The van der Waals surface area contributed by atoms with E-state index in [1.54, 1.807) is 38.3 Å². The predicted octanol–water partition coefficient (Wildman–Crippen LogP) is 4.49. The molecule has 0 spiro atoms. The van der Waals surface area contributed by atoms with Gasteiger partial charge in [-0.2, -0.15) is 0 Å². The van der Waals surface area contributed by atoms with Crippen molar-refractivity contribution in [2.75, 3.05) is 24.2 Å². The standard InChI is InChI=1S/C25H33Cl2N3O5S/c1-6-17(3)28-25(32)22(7-2)29(15-18-8-11-20(35-4)12-9-18)24(31)16-30(36(5,33)34)23-13-10-19(26)14-21(23)27/h8-14,17,22H,6-7,15-16H2,1-5H3,(H,28,32)/t17-,22-/m1/s1. The zero-order valence-corrected chi connectivity index (χ0v) is 23.5. The Morgan fingerprint density at radius 2 is 1.69 bits per heavy atom. The maximum Gasteiger partial charge on any atom is 0.244 e. The third-order valence-electron chi connectivity index (χ3n) is 5.76. The number of benzene rings is 2. The summed E-state index contributed by atoms with van der Waals surface area (Å²) in [5, 5.41) is 3.35. The molecule has 2 atom stereocenters. The van der Waals surface area contributed by atoms with Crippen molar-refractivity contribution in [3.05, 3.63) is 58.1 Å². The number of carbonyl (C=O) groups is 2. The number of nitrogens with one attached hydrogen (secondary N) is 1. The van der Waals surface area contributed by atoms with Gasteiger partial charge in [-0.05, 0) is 55.7 Å². The lowest BCUT2D eigenvalue weighted by Gasteiger charge is -2.33. The van der Waals surface area contributed by atoms with Gasteiger partial charge in [0.2, 0.25) is 21.8 Å². The fourth-order valence-corrected chi connectivity index (χ4v) is 4.99. The van der Waals surface area contributed by atoms with Crippen molar-refractivity contribution in [2.24, 2.45) is 0 Å². The summed E-state index contributed by atoms with van der Waals surface area (Å²) in [6, 6.07) is 10.6. The minimum atomic E-state index is -3.90. The highest BCUT2D eigenvalue weighted by Gasteiger charge is 2.32. The molecule has 0 saturated carbocycles. The Balaban J connectivity index is 2.46. The number of rotatable bonds is 12. The molecule has 0 aliphatic rings. The van der Waals surface area contributed by atoms with Crippen LogP contribution in [0.2, 0.25) is 10.0 Å². The van der Waals surface area contributed by atoms with E-state index in [2.05, 4.69) is 5.32 Å². The molecular weight excluding hydrogens is 525 g/mol. The lowest BCUT2D eigenvalue weighted by Crippen LogP contribution is -2.53. The Kier molecular flexibility index (Phi) is 10.9. The molecule has 1 N–H and O–H groups in total. The molecule has 0 unspecified atom stereocenters. The summed E-state index contributed by atoms with van der Waals surface area (Å²) in [5.41, 5.74) is 0.882. The molecule has 0 saturated heterocycles. The topological polar surface area (TPSA) is 96.0 Å². The Labute approximate surface area is 223 Å². The first-order chi connectivity index (χ1) is 16.9. The van der Waals surface area contributed by atoms with Crippen LogP contribution in [0.3, 0.4) is 0 Å². The van der Waals surface area contributed by atoms with Gasteiger partial charge in [0.1, 0.15) is 18.3 Å². The molecule has 0 aliphatic heterocycles. The molecule has 0 fully saturated rings. The smallest absolute Gasteiger partial charge is 0.244 e. The largest absolute Gasteiger partial charge is 0.497 e. The average Bonchev–Trinajstić information content (AvgIpc) is 2.82. The minimum Gasteiger partial charge on any atom is -0.497 e. The first-order valence-electron chi connectivity index (χ1n) is 11.6. The van der Waals surface area contributed by atoms with Crippen molar-refractivity contribution < 1.29 is 22.7 Å². The number of ether oxygens (including phenoxy) is 1. The number of anilines is 1. The molecule has 11 heteroatoms. The maximum absolute atomic E-state index is 13.7. The molecule has 0 aromatic heterocycles. The summed E-state index contributed by atoms with van der Waals surface area (Å²) >= 11 is 12.2. The molecule has 0 aliphatic carbocycles. The summed E-state index contributed by atoms with van der Waals surface area (Å²) in [6.07, 6.45) is 2.06. The van der Waals surface area contributed by atoms with Crippen LogP contribution < -0.4 is 14.4 Å². The molecular formula is C25H33Cl2N3O5S. The van der Waals surface area contributed by atoms with Crippen molar-refractivity contribution in [1.82, 2.24) is 10.2 Å². The van der Waals surface area contributed by atoms with Gasteiger partial charge >= 0.3 is 0 Å². The second-order valence-electron chi connectivity index (χ2n) is 8.48. The molecule has 0 heterocycles. The molecule has 2 amide bonds. The van der Waals surface area contributed by atoms with Crippen molar-refractivity contribution in [3.8, 4) is 5.75 Å². The van der Waals surface area contributed by atoms with Crippen LogP contribution in [-0.2, 0) is 26.2 Å². The van der Waals surface area contributed by atoms with Gasteiger partial charge in [0, 0.05) is 17.6 Å². The highest BCUT2D eigenvalue weighted by atomic mass is 35.5. The fourth-order valence-electron chi connectivity index (χ4n) is 3.57. The van der Waals surface area contributed by atoms with Gasteiger partial charge in [-0.1, -0.05) is 49.2 Å². The second-order valence-corrected chi connectivity index (χ2v) is 11.2. The quantitative estimate of drug-likeness (QED) is 0.414. The molecule has 36 heavy (non-hydrogen) atoms. The Morgan fingerprint density at radius 3 is 2.19 bits per heavy atom. The molecule has 8 nitrogen and oxygen atoms in total. The van der Waals surface area contributed by atoms with Gasteiger partial charge in [0.05, 0.1) is 24.1 Å². The van der Waals surface area contributed by atoms with Crippen LogP contribution in [0, 0.1) is 0 Å². The predicted molar refractivity (Wildman–Crippen MR) is 144 cm³/mol. The number of amides is 2. The Morgan fingerprint density at radius 1 is 1.06 bits per heavy atom. The summed E-state index contributed by atoms with van der Waals surface area (Å²) in [6.45, 7) is 5.20. The summed E-state index contributed by atoms with van der Waals surface area (Å²) in [4.78, 5) is 28.2. The second kappa shape index (κ2) is 13.2. The van der Waals surface area contributed by atoms with Crippen LogP contribution in [0.1, 0.15) is 39.2 Å². The van der Waals surface area contributed by atoms with Crippen LogP contribution >= 0.6 is 23.2 Å².